The van der Waals surface area contributed by atoms with Crippen molar-refractivity contribution in [2.45, 2.75) is 25.9 Å². The van der Waals surface area contributed by atoms with Crippen LogP contribution in [0.2, 0.25) is 0 Å². The second kappa shape index (κ2) is 11.1. The molecule has 0 unspecified atom stereocenters. The van der Waals surface area contributed by atoms with E-state index in [0.29, 0.717) is 6.54 Å². The van der Waals surface area contributed by atoms with E-state index in [-0.39, 0.29) is 29.5 Å². The first-order chi connectivity index (χ1) is 13.9. The van der Waals surface area contributed by atoms with Crippen molar-refractivity contribution in [3.63, 3.8) is 0 Å². The summed E-state index contributed by atoms with van der Waals surface area (Å²) in [6.45, 7) is 9.57. The van der Waals surface area contributed by atoms with E-state index in [2.05, 4.69) is 58.6 Å². The van der Waals surface area contributed by atoms with Crippen LogP contribution >= 0.6 is 24.0 Å². The van der Waals surface area contributed by atoms with Gasteiger partial charge in [-0.05, 0) is 31.5 Å². The molecule has 8 heteroatoms. The molecule has 0 radical (unpaired) electrons. The minimum atomic E-state index is 0. The van der Waals surface area contributed by atoms with Gasteiger partial charge in [0.25, 0.3) is 0 Å². The third kappa shape index (κ3) is 6.18. The number of hydrogen-bond donors (Lipinski definition) is 2. The zero-order valence-corrected chi connectivity index (χ0v) is 21.1. The Bertz CT molecular complexity index is 849. The standard InChI is InChI=1S/C22H34N6O.HI/c1-22(2,28-10-12-29-13-11-28)16-25-21(23-3)24-15-17-14-20(27(4)5)26-19-9-7-6-8-18(17)19;/h6-9,14H,10-13,15-16H2,1-5H3,(H2,23,24,25);1H. The second-order valence-electron chi connectivity index (χ2n) is 8.24. The van der Waals surface area contributed by atoms with E-state index < -0.39 is 0 Å². The number of nitrogens with one attached hydrogen (secondary N) is 2. The first kappa shape index (κ1) is 24.6. The van der Waals surface area contributed by atoms with Crippen molar-refractivity contribution in [2.75, 3.05) is 58.9 Å². The molecule has 0 spiro atoms. The van der Waals surface area contributed by atoms with Crippen LogP contribution in [0.15, 0.2) is 35.3 Å². The molecule has 3 rings (SSSR count). The summed E-state index contributed by atoms with van der Waals surface area (Å²) in [5.74, 6) is 1.76. The van der Waals surface area contributed by atoms with E-state index >= 15 is 0 Å². The molecule has 1 aliphatic heterocycles. The predicted molar refractivity (Wildman–Crippen MR) is 136 cm³/mol. The number of anilines is 1. The summed E-state index contributed by atoms with van der Waals surface area (Å²) in [7, 11) is 5.85. The van der Waals surface area contributed by atoms with Crippen molar-refractivity contribution in [1.29, 1.82) is 0 Å². The van der Waals surface area contributed by atoms with Crippen LogP contribution in [0.3, 0.4) is 0 Å². The molecular weight excluding hydrogens is 491 g/mol. The molecule has 0 saturated carbocycles. The van der Waals surface area contributed by atoms with Crippen molar-refractivity contribution in [1.82, 2.24) is 20.5 Å². The van der Waals surface area contributed by atoms with Gasteiger partial charge in [-0.1, -0.05) is 18.2 Å². The molecule has 2 N–H and O–H groups in total. The average Bonchev–Trinajstić information content (AvgIpc) is 2.74. The number of guanidine groups is 1. The molecule has 1 aliphatic rings. The highest BCUT2D eigenvalue weighted by atomic mass is 127. The number of nitrogens with zero attached hydrogens (tertiary/aromatic N) is 4. The molecule has 1 aromatic carbocycles. The normalized spacial score (nSPS) is 15.6. The lowest BCUT2D eigenvalue weighted by molar-refractivity contribution is -0.00834. The number of para-hydroxylation sites is 1. The Kier molecular flexibility index (Phi) is 9.11. The van der Waals surface area contributed by atoms with E-state index in [1.165, 1.54) is 5.56 Å². The Morgan fingerprint density at radius 3 is 2.57 bits per heavy atom. The lowest BCUT2D eigenvalue weighted by Gasteiger charge is -2.41. The number of pyridine rings is 1. The van der Waals surface area contributed by atoms with E-state index in [9.17, 15) is 0 Å². The lowest BCUT2D eigenvalue weighted by Crippen LogP contribution is -2.56. The number of aromatic nitrogens is 1. The average molecular weight is 526 g/mol. The molecule has 0 amide bonds. The number of ether oxygens (including phenoxy) is 1. The first-order valence-electron chi connectivity index (χ1n) is 10.2. The van der Waals surface area contributed by atoms with Crippen molar-refractivity contribution >= 4 is 46.7 Å². The van der Waals surface area contributed by atoms with Gasteiger partial charge in [0.15, 0.2) is 5.96 Å². The quantitative estimate of drug-likeness (QED) is 0.343. The fourth-order valence-electron chi connectivity index (χ4n) is 3.59. The fraction of sp³-hybridized carbons (Fsp3) is 0.545. The number of fused-ring (bicyclic) bond motifs is 1. The van der Waals surface area contributed by atoms with Gasteiger partial charge in [0, 0.05) is 58.2 Å². The van der Waals surface area contributed by atoms with Gasteiger partial charge in [-0.15, -0.1) is 24.0 Å². The van der Waals surface area contributed by atoms with Gasteiger partial charge in [-0.25, -0.2) is 4.98 Å². The topological polar surface area (TPSA) is 65.0 Å². The van der Waals surface area contributed by atoms with E-state index in [1.54, 1.807) is 0 Å². The van der Waals surface area contributed by atoms with Crippen LogP contribution in [-0.4, -0.2) is 75.4 Å². The van der Waals surface area contributed by atoms with Crippen LogP contribution in [0.5, 0.6) is 0 Å². The number of hydrogen-bond acceptors (Lipinski definition) is 5. The van der Waals surface area contributed by atoms with Crippen molar-refractivity contribution in [2.24, 2.45) is 4.99 Å². The number of benzene rings is 1. The van der Waals surface area contributed by atoms with Crippen LogP contribution in [0.1, 0.15) is 19.4 Å². The van der Waals surface area contributed by atoms with Crippen molar-refractivity contribution in [3.05, 3.63) is 35.9 Å². The molecule has 0 bridgehead atoms. The van der Waals surface area contributed by atoms with Gasteiger partial charge in [-0.3, -0.25) is 9.89 Å². The van der Waals surface area contributed by atoms with E-state index in [4.69, 9.17) is 9.72 Å². The van der Waals surface area contributed by atoms with Gasteiger partial charge < -0.3 is 20.3 Å². The molecule has 1 aromatic heterocycles. The molecule has 1 saturated heterocycles. The predicted octanol–water partition coefficient (Wildman–Crippen LogP) is 2.69. The highest BCUT2D eigenvalue weighted by Crippen LogP contribution is 2.22. The monoisotopic (exact) mass is 526 g/mol. The van der Waals surface area contributed by atoms with Crippen LogP contribution in [0.4, 0.5) is 5.82 Å². The SMILES string of the molecule is CN=C(NCc1cc(N(C)C)nc2ccccc12)NCC(C)(C)N1CCOCC1.I. The largest absolute Gasteiger partial charge is 0.379 e. The Hall–Kier alpha value is -1.65. The van der Waals surface area contributed by atoms with Gasteiger partial charge in [0.1, 0.15) is 5.82 Å². The summed E-state index contributed by atoms with van der Waals surface area (Å²) in [5, 5.41) is 8.12. The molecule has 1 fully saturated rings. The maximum Gasteiger partial charge on any atom is 0.191 e. The maximum absolute atomic E-state index is 5.48. The van der Waals surface area contributed by atoms with Crippen LogP contribution in [0, 0.1) is 0 Å². The number of aliphatic imine (C=N–C) groups is 1. The Morgan fingerprint density at radius 1 is 1.20 bits per heavy atom. The summed E-state index contributed by atoms with van der Waals surface area (Å²) >= 11 is 0. The van der Waals surface area contributed by atoms with Crippen LogP contribution < -0.4 is 15.5 Å². The Labute approximate surface area is 197 Å². The molecule has 166 valence electrons. The minimum absolute atomic E-state index is 0. The number of morpholine rings is 1. The molecule has 7 nitrogen and oxygen atoms in total. The highest BCUT2D eigenvalue weighted by molar-refractivity contribution is 14.0. The summed E-state index contributed by atoms with van der Waals surface area (Å²) in [6, 6.07) is 10.4. The first-order valence-corrected chi connectivity index (χ1v) is 10.2. The van der Waals surface area contributed by atoms with Gasteiger partial charge in [0.05, 0.1) is 18.7 Å². The Balaban J connectivity index is 0.00000320. The smallest absolute Gasteiger partial charge is 0.191 e. The van der Waals surface area contributed by atoms with Gasteiger partial charge in [0.2, 0.25) is 0 Å². The summed E-state index contributed by atoms with van der Waals surface area (Å²) < 4.78 is 5.48. The van der Waals surface area contributed by atoms with Crippen molar-refractivity contribution < 1.29 is 4.74 Å². The maximum atomic E-state index is 5.48. The Morgan fingerprint density at radius 2 is 1.90 bits per heavy atom. The molecule has 0 aliphatic carbocycles. The number of rotatable bonds is 6. The van der Waals surface area contributed by atoms with Crippen LogP contribution in [0.25, 0.3) is 10.9 Å². The molecule has 0 atom stereocenters. The second-order valence-corrected chi connectivity index (χ2v) is 8.24. The summed E-state index contributed by atoms with van der Waals surface area (Å²) in [6.07, 6.45) is 0. The summed E-state index contributed by atoms with van der Waals surface area (Å²) in [5.41, 5.74) is 2.24. The number of halogens is 1. The molecular formula is C22H35IN6O. The van der Waals surface area contributed by atoms with Gasteiger partial charge in [-0.2, -0.15) is 0 Å². The van der Waals surface area contributed by atoms with Gasteiger partial charge >= 0.3 is 0 Å². The van der Waals surface area contributed by atoms with Crippen LogP contribution in [-0.2, 0) is 11.3 Å². The highest BCUT2D eigenvalue weighted by Gasteiger charge is 2.28. The molecule has 30 heavy (non-hydrogen) atoms. The third-order valence-electron chi connectivity index (χ3n) is 5.47. The molecule has 2 aromatic rings. The lowest BCUT2D eigenvalue weighted by atomic mass is 10.0. The summed E-state index contributed by atoms with van der Waals surface area (Å²) in [4.78, 5) is 13.7. The van der Waals surface area contributed by atoms with Crippen molar-refractivity contribution in [3.8, 4) is 0 Å². The van der Waals surface area contributed by atoms with E-state index in [1.807, 2.05) is 32.1 Å². The minimum Gasteiger partial charge on any atom is -0.379 e. The van der Waals surface area contributed by atoms with E-state index in [0.717, 1.165) is 55.5 Å². The third-order valence-corrected chi connectivity index (χ3v) is 5.47. The zero-order valence-electron chi connectivity index (χ0n) is 18.7. The zero-order chi connectivity index (χ0) is 20.9. The fourth-order valence-corrected chi connectivity index (χ4v) is 3.59. The molecule has 2 heterocycles.